The Morgan fingerprint density at radius 2 is 2.18 bits per heavy atom. The van der Waals surface area contributed by atoms with E-state index in [1.165, 1.54) is 20.5 Å². The lowest BCUT2D eigenvalue weighted by Gasteiger charge is -2.29. The number of amides is 1. The minimum Gasteiger partial charge on any atom is -0.334 e. The van der Waals surface area contributed by atoms with Gasteiger partial charge in [-0.3, -0.25) is 4.79 Å². The van der Waals surface area contributed by atoms with Crippen LogP contribution in [0.3, 0.4) is 0 Å². The molecule has 1 amide bonds. The third-order valence-corrected chi connectivity index (χ3v) is 5.19. The van der Waals surface area contributed by atoms with Crippen molar-refractivity contribution in [1.82, 2.24) is 4.90 Å². The summed E-state index contributed by atoms with van der Waals surface area (Å²) in [7, 11) is 0. The SMILES string of the molecule is O=C1CC[C@H]2Cc3c(sc4ccccc34)CN12. The molecule has 0 aliphatic carbocycles. The number of hydrogen-bond donors (Lipinski definition) is 0. The van der Waals surface area contributed by atoms with Crippen LogP contribution >= 0.6 is 11.3 Å². The summed E-state index contributed by atoms with van der Waals surface area (Å²) in [6, 6.07) is 9.08. The molecule has 0 unspecified atom stereocenters. The standard InChI is InChI=1S/C14H13NOS/c16-14-6-5-9-7-11-10-3-1-2-4-12(10)17-13(11)8-15(9)14/h1-4,9H,5-8H2/t9-/m0/s1. The maximum Gasteiger partial charge on any atom is 0.223 e. The van der Waals surface area contributed by atoms with Crippen molar-refractivity contribution in [2.24, 2.45) is 0 Å². The molecule has 1 saturated heterocycles. The van der Waals surface area contributed by atoms with Gasteiger partial charge in [0.2, 0.25) is 5.91 Å². The zero-order chi connectivity index (χ0) is 11.4. The van der Waals surface area contributed by atoms with E-state index in [1.807, 2.05) is 11.3 Å². The summed E-state index contributed by atoms with van der Waals surface area (Å²) in [5.74, 6) is 0.345. The summed E-state index contributed by atoms with van der Waals surface area (Å²) in [4.78, 5) is 15.2. The van der Waals surface area contributed by atoms with Crippen LogP contribution in [0, 0.1) is 0 Å². The molecular formula is C14H13NOS. The molecule has 0 bridgehead atoms. The van der Waals surface area contributed by atoms with Crippen LogP contribution in [0.25, 0.3) is 10.1 Å². The Kier molecular flexibility index (Phi) is 1.89. The minimum atomic E-state index is 0.345. The average Bonchev–Trinajstić information content (AvgIpc) is 2.88. The number of rotatable bonds is 0. The number of thiophene rings is 1. The van der Waals surface area contributed by atoms with Gasteiger partial charge in [0.15, 0.2) is 0 Å². The Hall–Kier alpha value is -1.35. The van der Waals surface area contributed by atoms with Crippen molar-refractivity contribution >= 4 is 27.3 Å². The first kappa shape index (κ1) is 9.66. The topological polar surface area (TPSA) is 20.3 Å². The molecule has 1 atom stereocenters. The first-order valence-electron chi connectivity index (χ1n) is 6.11. The fourth-order valence-electron chi connectivity index (χ4n) is 3.11. The van der Waals surface area contributed by atoms with Crippen molar-refractivity contribution in [3.05, 3.63) is 34.7 Å². The molecule has 2 nitrogen and oxygen atoms in total. The molecule has 2 aromatic rings. The third kappa shape index (κ3) is 1.29. The van der Waals surface area contributed by atoms with Gasteiger partial charge in [-0.25, -0.2) is 0 Å². The van der Waals surface area contributed by atoms with Crippen LogP contribution in [-0.4, -0.2) is 16.8 Å². The summed E-state index contributed by atoms with van der Waals surface area (Å²) >= 11 is 1.86. The molecule has 2 aliphatic rings. The highest BCUT2D eigenvalue weighted by molar-refractivity contribution is 7.19. The predicted octanol–water partition coefficient (Wildman–Crippen LogP) is 2.95. The third-order valence-electron chi connectivity index (χ3n) is 3.99. The Morgan fingerprint density at radius 1 is 1.29 bits per heavy atom. The summed E-state index contributed by atoms with van der Waals surface area (Å²) in [5.41, 5.74) is 1.50. The molecule has 86 valence electrons. The second-order valence-electron chi connectivity index (χ2n) is 4.92. The molecule has 17 heavy (non-hydrogen) atoms. The Balaban J connectivity index is 1.88. The molecule has 1 aromatic heterocycles. The van der Waals surface area contributed by atoms with Gasteiger partial charge < -0.3 is 4.90 Å². The van der Waals surface area contributed by atoms with Crippen molar-refractivity contribution in [2.75, 3.05) is 0 Å². The quantitative estimate of drug-likeness (QED) is 0.696. The van der Waals surface area contributed by atoms with Crippen molar-refractivity contribution < 1.29 is 4.79 Å². The fourth-order valence-corrected chi connectivity index (χ4v) is 4.35. The molecular weight excluding hydrogens is 230 g/mol. The highest BCUT2D eigenvalue weighted by atomic mass is 32.1. The molecule has 3 heterocycles. The summed E-state index contributed by atoms with van der Waals surface area (Å²) in [6.45, 7) is 0.845. The Morgan fingerprint density at radius 3 is 3.12 bits per heavy atom. The number of benzene rings is 1. The van der Waals surface area contributed by atoms with E-state index in [9.17, 15) is 4.79 Å². The van der Waals surface area contributed by atoms with Crippen LogP contribution in [0.2, 0.25) is 0 Å². The predicted molar refractivity (Wildman–Crippen MR) is 69.1 cm³/mol. The molecule has 1 fully saturated rings. The molecule has 2 aliphatic heterocycles. The van der Waals surface area contributed by atoms with Crippen molar-refractivity contribution in [3.8, 4) is 0 Å². The fraction of sp³-hybridized carbons (Fsp3) is 0.357. The molecule has 3 heteroatoms. The van der Waals surface area contributed by atoms with Gasteiger partial charge in [0, 0.05) is 22.0 Å². The van der Waals surface area contributed by atoms with Gasteiger partial charge in [0.1, 0.15) is 0 Å². The van der Waals surface area contributed by atoms with Crippen molar-refractivity contribution in [2.45, 2.75) is 31.8 Å². The number of nitrogens with zero attached hydrogens (tertiary/aromatic N) is 1. The van der Waals surface area contributed by atoms with E-state index in [-0.39, 0.29) is 0 Å². The Bertz CT molecular complexity index is 616. The van der Waals surface area contributed by atoms with E-state index in [0.717, 1.165) is 25.8 Å². The van der Waals surface area contributed by atoms with Crippen LogP contribution in [0.1, 0.15) is 23.3 Å². The van der Waals surface area contributed by atoms with Crippen LogP contribution in [0.4, 0.5) is 0 Å². The average molecular weight is 243 g/mol. The van der Waals surface area contributed by atoms with Crippen LogP contribution in [0.5, 0.6) is 0 Å². The highest BCUT2D eigenvalue weighted by Crippen LogP contribution is 2.39. The number of carbonyl (C=O) groups is 1. The molecule has 0 spiro atoms. The first-order valence-corrected chi connectivity index (χ1v) is 6.93. The van der Waals surface area contributed by atoms with E-state index in [4.69, 9.17) is 0 Å². The lowest BCUT2D eigenvalue weighted by atomic mass is 9.97. The second kappa shape index (κ2) is 3.33. The maximum atomic E-state index is 11.8. The van der Waals surface area contributed by atoms with Gasteiger partial charge in [-0.05, 0) is 29.9 Å². The first-order chi connectivity index (χ1) is 8.33. The maximum absolute atomic E-state index is 11.8. The summed E-state index contributed by atoms with van der Waals surface area (Å²) in [5, 5.41) is 1.41. The molecule has 1 aromatic carbocycles. The van der Waals surface area contributed by atoms with Crippen LogP contribution < -0.4 is 0 Å². The molecule has 4 rings (SSSR count). The Labute approximate surface area is 104 Å². The smallest absolute Gasteiger partial charge is 0.223 e. The van der Waals surface area contributed by atoms with Gasteiger partial charge in [0.25, 0.3) is 0 Å². The normalized spacial score (nSPS) is 22.9. The van der Waals surface area contributed by atoms with E-state index >= 15 is 0 Å². The van der Waals surface area contributed by atoms with E-state index in [0.29, 0.717) is 11.9 Å². The van der Waals surface area contributed by atoms with E-state index in [1.54, 1.807) is 0 Å². The van der Waals surface area contributed by atoms with E-state index in [2.05, 4.69) is 29.2 Å². The largest absolute Gasteiger partial charge is 0.334 e. The van der Waals surface area contributed by atoms with Gasteiger partial charge in [-0.1, -0.05) is 18.2 Å². The highest BCUT2D eigenvalue weighted by Gasteiger charge is 2.36. The van der Waals surface area contributed by atoms with Gasteiger partial charge in [-0.2, -0.15) is 0 Å². The lowest BCUT2D eigenvalue weighted by Crippen LogP contribution is -2.37. The molecule has 0 saturated carbocycles. The van der Waals surface area contributed by atoms with Crippen LogP contribution in [-0.2, 0) is 17.8 Å². The second-order valence-corrected chi connectivity index (χ2v) is 6.05. The lowest BCUT2D eigenvalue weighted by molar-refractivity contribution is -0.129. The number of carbonyl (C=O) groups excluding carboxylic acids is 1. The van der Waals surface area contributed by atoms with Crippen molar-refractivity contribution in [1.29, 1.82) is 0 Å². The van der Waals surface area contributed by atoms with Crippen molar-refractivity contribution in [3.63, 3.8) is 0 Å². The van der Waals surface area contributed by atoms with Crippen LogP contribution in [0.15, 0.2) is 24.3 Å². The molecule has 0 N–H and O–H groups in total. The van der Waals surface area contributed by atoms with Gasteiger partial charge in [0.05, 0.1) is 6.54 Å². The summed E-state index contributed by atoms with van der Waals surface area (Å²) < 4.78 is 1.37. The number of hydrogen-bond acceptors (Lipinski definition) is 2. The zero-order valence-corrected chi connectivity index (χ0v) is 10.3. The molecule has 0 radical (unpaired) electrons. The van der Waals surface area contributed by atoms with Gasteiger partial charge >= 0.3 is 0 Å². The van der Waals surface area contributed by atoms with E-state index < -0.39 is 0 Å². The number of fused-ring (bicyclic) bond motifs is 4. The zero-order valence-electron chi connectivity index (χ0n) is 9.48. The monoisotopic (exact) mass is 243 g/mol. The summed E-state index contributed by atoms with van der Waals surface area (Å²) in [6.07, 6.45) is 2.85. The minimum absolute atomic E-state index is 0.345. The van der Waals surface area contributed by atoms with Gasteiger partial charge in [-0.15, -0.1) is 11.3 Å².